The molecule has 8 aromatic carbocycles. The zero-order valence-electron chi connectivity index (χ0n) is 36.9. The van der Waals surface area contributed by atoms with E-state index < -0.39 is 0 Å². The topological polar surface area (TPSA) is 232 Å². The molecule has 9 heterocycles. The molecule has 0 radical (unpaired) electrons. The van der Waals surface area contributed by atoms with E-state index in [0.29, 0.717) is 99.3 Å². The highest BCUT2D eigenvalue weighted by Gasteiger charge is 2.22. The second-order valence-corrected chi connectivity index (χ2v) is 17.1. The van der Waals surface area contributed by atoms with Gasteiger partial charge in [0.1, 0.15) is 66.2 Å². The largest absolute Gasteiger partial charge is 0.253 e. The molecule has 0 N–H and O–H groups in total. The highest BCUT2D eigenvalue weighted by Crippen LogP contribution is 2.36. The molecule has 0 amide bonds. The van der Waals surface area contributed by atoms with Gasteiger partial charge in [-0.3, -0.25) is 29.9 Å². The van der Waals surface area contributed by atoms with Crippen LogP contribution in [0.3, 0.4) is 0 Å². The fraction of sp³-hybridized carbons (Fsp3) is 0. The number of nitrogens with zero attached hydrogens (tertiary/aromatic N) is 18. The summed E-state index contributed by atoms with van der Waals surface area (Å²) < 4.78 is 0. The lowest BCUT2D eigenvalue weighted by molar-refractivity contribution is 1.28. The van der Waals surface area contributed by atoms with Gasteiger partial charge in [-0.25, -0.2) is 59.8 Å². The summed E-state index contributed by atoms with van der Waals surface area (Å²) in [7, 11) is 0. The molecule has 0 aliphatic rings. The third kappa shape index (κ3) is 5.76. The summed E-state index contributed by atoms with van der Waals surface area (Å²) in [4.78, 5) is 86.5. The van der Waals surface area contributed by atoms with E-state index >= 15 is 0 Å². The fourth-order valence-corrected chi connectivity index (χ4v) is 9.53. The Morgan fingerprint density at radius 2 is 0.292 bits per heavy atom. The van der Waals surface area contributed by atoms with Gasteiger partial charge in [-0.15, -0.1) is 0 Å². The van der Waals surface area contributed by atoms with Crippen LogP contribution in [0.5, 0.6) is 0 Å². The third-order valence-corrected chi connectivity index (χ3v) is 12.8. The predicted octanol–water partition coefficient (Wildman–Crippen LogP) is 9.78. The molecule has 0 aliphatic carbocycles. The lowest BCUT2D eigenvalue weighted by Gasteiger charge is -2.11. The molecule has 17 aromatic rings. The minimum absolute atomic E-state index is 0.566. The molecule has 0 aliphatic heterocycles. The number of benzene rings is 8. The van der Waals surface area contributed by atoms with Gasteiger partial charge in [-0.1, -0.05) is 36.4 Å². The first-order valence-corrected chi connectivity index (χ1v) is 22.7. The number of aromatic nitrogens is 18. The van der Waals surface area contributed by atoms with Crippen molar-refractivity contribution in [2.24, 2.45) is 0 Å². The van der Waals surface area contributed by atoms with Gasteiger partial charge in [-0.2, -0.15) is 0 Å². The monoisotopic (exact) mass is 924 g/mol. The van der Waals surface area contributed by atoms with Crippen molar-refractivity contribution in [3.8, 4) is 0 Å². The fourth-order valence-electron chi connectivity index (χ4n) is 9.53. The van der Waals surface area contributed by atoms with Gasteiger partial charge in [0.15, 0.2) is 0 Å². The van der Waals surface area contributed by atoms with E-state index in [1.165, 1.54) is 0 Å². The summed E-state index contributed by atoms with van der Waals surface area (Å²) in [5.41, 5.74) is 20.8. The van der Waals surface area contributed by atoms with Crippen LogP contribution in [-0.2, 0) is 0 Å². The Hall–Kier alpha value is -10.6. The molecular formula is C54H24N18. The normalized spacial score (nSPS) is 12.2. The zero-order valence-corrected chi connectivity index (χ0v) is 36.9. The smallest absolute Gasteiger partial charge is 0.120 e. The number of rotatable bonds is 0. The summed E-state index contributed by atoms with van der Waals surface area (Å²) >= 11 is 0. The quantitative estimate of drug-likeness (QED) is 0.102. The molecule has 9 aromatic heterocycles. The average Bonchev–Trinajstić information content (AvgIpc) is 3.43. The highest BCUT2D eigenvalue weighted by atomic mass is 15.0. The van der Waals surface area contributed by atoms with E-state index in [2.05, 4.69) is 29.9 Å². The van der Waals surface area contributed by atoms with E-state index in [-0.39, 0.29) is 0 Å². The molecule has 0 fully saturated rings. The molecule has 72 heavy (non-hydrogen) atoms. The second kappa shape index (κ2) is 14.5. The van der Waals surface area contributed by atoms with Crippen LogP contribution in [0.25, 0.3) is 166 Å². The van der Waals surface area contributed by atoms with E-state index in [1.807, 2.05) is 109 Å². The minimum atomic E-state index is 0.566. The van der Waals surface area contributed by atoms with Crippen LogP contribution in [0, 0.1) is 0 Å². The number of fused-ring (bicyclic) bond motifs is 21. The summed E-state index contributed by atoms with van der Waals surface area (Å²) in [5, 5.41) is 0. The van der Waals surface area contributed by atoms with Gasteiger partial charge in [0.2, 0.25) is 0 Å². The zero-order chi connectivity index (χ0) is 47.0. The Balaban J connectivity index is 0.000000131. The molecule has 0 saturated heterocycles. The van der Waals surface area contributed by atoms with E-state index in [1.54, 1.807) is 37.2 Å². The molecule has 0 spiro atoms. The Morgan fingerprint density at radius 1 is 0.153 bits per heavy atom. The molecular weight excluding hydrogens is 901 g/mol. The van der Waals surface area contributed by atoms with Crippen molar-refractivity contribution in [3.05, 3.63) is 146 Å². The molecule has 330 valence electrons. The molecule has 0 unspecified atom stereocenters. The molecule has 0 saturated carbocycles. The summed E-state index contributed by atoms with van der Waals surface area (Å²) in [6.45, 7) is 0. The summed E-state index contributed by atoms with van der Waals surface area (Å²) in [6.07, 6.45) is 9.95. The van der Waals surface area contributed by atoms with Crippen molar-refractivity contribution in [3.63, 3.8) is 0 Å². The Labute approximate surface area is 400 Å². The van der Waals surface area contributed by atoms with Crippen LogP contribution in [0.1, 0.15) is 0 Å². The number of para-hydroxylation sites is 6. The van der Waals surface area contributed by atoms with Crippen molar-refractivity contribution in [1.29, 1.82) is 0 Å². The van der Waals surface area contributed by atoms with Crippen LogP contribution in [0.15, 0.2) is 146 Å². The summed E-state index contributed by atoms with van der Waals surface area (Å²) in [5.74, 6) is 0. The van der Waals surface area contributed by atoms with Crippen molar-refractivity contribution in [2.45, 2.75) is 0 Å². The molecule has 17 rings (SSSR count). The van der Waals surface area contributed by atoms with Crippen molar-refractivity contribution in [2.75, 3.05) is 0 Å². The van der Waals surface area contributed by atoms with Gasteiger partial charge in [0.05, 0.1) is 99.3 Å². The van der Waals surface area contributed by atoms with Crippen LogP contribution in [0.4, 0.5) is 0 Å². The van der Waals surface area contributed by atoms with Gasteiger partial charge in [0, 0.05) is 37.2 Å². The predicted molar refractivity (Wildman–Crippen MR) is 276 cm³/mol. The maximum absolute atomic E-state index is 5.05. The molecule has 0 atom stereocenters. The Kier molecular flexibility index (Phi) is 7.70. The Bertz CT molecular complexity index is 4370. The SMILES string of the molecule is c1ccc2nc3c(nc2c1)c1nc2ccccc2nc1c1nc2ccccc2nc31.c1cnc2cc3nc4c(nc3cc2n1)c1nc2cc3nccnc3cc2nc1c1nc2cc3nccnc3cc2nc41. The van der Waals surface area contributed by atoms with Crippen LogP contribution in [-0.4, -0.2) is 89.7 Å². The first kappa shape index (κ1) is 38.4. The van der Waals surface area contributed by atoms with Gasteiger partial charge >= 0.3 is 0 Å². The Morgan fingerprint density at radius 3 is 0.444 bits per heavy atom. The van der Waals surface area contributed by atoms with Crippen LogP contribution in [0.2, 0.25) is 0 Å². The maximum atomic E-state index is 5.05. The van der Waals surface area contributed by atoms with E-state index in [0.717, 1.165) is 66.2 Å². The third-order valence-electron chi connectivity index (χ3n) is 12.8. The lowest BCUT2D eigenvalue weighted by Crippen LogP contribution is -2.00. The van der Waals surface area contributed by atoms with E-state index in [9.17, 15) is 0 Å². The highest BCUT2D eigenvalue weighted by molar-refractivity contribution is 6.23. The van der Waals surface area contributed by atoms with Crippen molar-refractivity contribution >= 4 is 166 Å². The van der Waals surface area contributed by atoms with Crippen molar-refractivity contribution in [1.82, 2.24) is 89.7 Å². The average molecular weight is 925 g/mol. The lowest BCUT2D eigenvalue weighted by atomic mass is 10.1. The van der Waals surface area contributed by atoms with Gasteiger partial charge < -0.3 is 0 Å². The second-order valence-electron chi connectivity index (χ2n) is 17.1. The number of hydrogen-bond donors (Lipinski definition) is 0. The maximum Gasteiger partial charge on any atom is 0.120 e. The van der Waals surface area contributed by atoms with Gasteiger partial charge in [0.25, 0.3) is 0 Å². The van der Waals surface area contributed by atoms with Crippen LogP contribution >= 0.6 is 0 Å². The summed E-state index contributed by atoms with van der Waals surface area (Å²) in [6, 6.07) is 34.8. The standard InChI is InChI=1S/C30H12N12.C24H12N6/c1-2-32-14-8-20-19(7-13(14)31-1)37-25-26(38-20)28-30(42-24-12-18-17(11-23(24)40-28)35-5-6-36-18)29-27(25)39-21-9-15-16(10-22(21)41-29)34-4-3-33-15;1-2-8-14-13(7-1)25-19-20(26-14)22-24(30-18-12-6-5-11-17(18)28-22)23-21(19)27-15-9-3-4-10-16(15)29-23/h1-12H;1-12H. The minimum Gasteiger partial charge on any atom is -0.253 e. The first-order valence-electron chi connectivity index (χ1n) is 22.7. The first-order chi connectivity index (χ1) is 35.6. The van der Waals surface area contributed by atoms with E-state index in [4.69, 9.17) is 59.8 Å². The molecule has 18 heteroatoms. The molecule has 0 bridgehead atoms. The number of hydrogen-bond acceptors (Lipinski definition) is 18. The molecule has 18 nitrogen and oxygen atoms in total. The van der Waals surface area contributed by atoms with Crippen LogP contribution < -0.4 is 0 Å². The van der Waals surface area contributed by atoms with Gasteiger partial charge in [-0.05, 0) is 72.8 Å². The van der Waals surface area contributed by atoms with Crippen molar-refractivity contribution < 1.29 is 0 Å².